The van der Waals surface area contributed by atoms with E-state index in [2.05, 4.69) is 44.3 Å². The van der Waals surface area contributed by atoms with Crippen LogP contribution in [0.5, 0.6) is 11.5 Å². The highest BCUT2D eigenvalue weighted by atomic mass is 16.5. The monoisotopic (exact) mass is 329 g/mol. The average molecular weight is 329 g/mol. The summed E-state index contributed by atoms with van der Waals surface area (Å²) in [4.78, 5) is 0. The maximum absolute atomic E-state index is 6.05. The quantitative estimate of drug-likeness (QED) is 0.700. The molecule has 0 aromatic heterocycles. The van der Waals surface area contributed by atoms with Gasteiger partial charge in [0.05, 0.1) is 13.2 Å². The SMILES string of the molecule is COCCOc1cccc(NC[C@H](C)Oc2cc(C)ccc2C)c1. The molecule has 0 heterocycles. The molecule has 1 atom stereocenters. The Hall–Kier alpha value is -2.20. The molecular formula is C20H27NO3. The lowest BCUT2D eigenvalue weighted by atomic mass is 10.1. The summed E-state index contributed by atoms with van der Waals surface area (Å²) in [6.07, 6.45) is 0.0589. The number of nitrogens with one attached hydrogen (secondary N) is 1. The van der Waals surface area contributed by atoms with Crippen LogP contribution in [0, 0.1) is 13.8 Å². The number of anilines is 1. The zero-order valence-electron chi connectivity index (χ0n) is 15.0. The molecule has 0 radical (unpaired) electrons. The number of hydrogen-bond acceptors (Lipinski definition) is 4. The first-order valence-electron chi connectivity index (χ1n) is 8.28. The number of rotatable bonds is 9. The average Bonchev–Trinajstić information content (AvgIpc) is 2.57. The van der Waals surface area contributed by atoms with Gasteiger partial charge in [-0.25, -0.2) is 0 Å². The molecule has 0 aliphatic rings. The van der Waals surface area contributed by atoms with Gasteiger partial charge in [0, 0.05) is 18.9 Å². The highest BCUT2D eigenvalue weighted by molar-refractivity contribution is 5.48. The zero-order chi connectivity index (χ0) is 17.4. The van der Waals surface area contributed by atoms with Gasteiger partial charge < -0.3 is 19.5 Å². The standard InChI is InChI=1S/C20H27NO3/c1-15-8-9-16(2)20(12-15)24-17(3)14-21-18-6-5-7-19(13-18)23-11-10-22-4/h5-9,12-13,17,21H,10-11,14H2,1-4H3/t17-/m0/s1. The number of benzene rings is 2. The lowest BCUT2D eigenvalue weighted by molar-refractivity contribution is 0.146. The summed E-state index contributed by atoms with van der Waals surface area (Å²) in [5.41, 5.74) is 3.37. The predicted octanol–water partition coefficient (Wildman–Crippen LogP) is 4.21. The van der Waals surface area contributed by atoms with Crippen LogP contribution in [0.4, 0.5) is 5.69 Å². The Labute approximate surface area is 144 Å². The maximum Gasteiger partial charge on any atom is 0.122 e. The van der Waals surface area contributed by atoms with Gasteiger partial charge >= 0.3 is 0 Å². The van der Waals surface area contributed by atoms with Gasteiger partial charge in [-0.1, -0.05) is 18.2 Å². The van der Waals surface area contributed by atoms with Crippen molar-refractivity contribution in [1.29, 1.82) is 0 Å². The van der Waals surface area contributed by atoms with E-state index in [0.717, 1.165) is 29.3 Å². The molecule has 0 saturated heterocycles. The smallest absolute Gasteiger partial charge is 0.122 e. The molecule has 2 aromatic rings. The van der Waals surface area contributed by atoms with Crippen LogP contribution >= 0.6 is 0 Å². The third kappa shape index (κ3) is 5.78. The second-order valence-electron chi connectivity index (χ2n) is 5.95. The first-order chi connectivity index (χ1) is 11.6. The summed E-state index contributed by atoms with van der Waals surface area (Å²) in [6.45, 7) is 8.05. The molecule has 24 heavy (non-hydrogen) atoms. The van der Waals surface area contributed by atoms with Gasteiger partial charge in [0.25, 0.3) is 0 Å². The molecule has 2 rings (SSSR count). The molecule has 0 unspecified atom stereocenters. The van der Waals surface area contributed by atoms with Gasteiger partial charge in [-0.3, -0.25) is 0 Å². The molecule has 130 valence electrons. The van der Waals surface area contributed by atoms with Crippen LogP contribution in [0.25, 0.3) is 0 Å². The minimum absolute atomic E-state index is 0.0589. The molecule has 4 nitrogen and oxygen atoms in total. The first kappa shape index (κ1) is 18.1. The Morgan fingerprint density at radius 2 is 1.88 bits per heavy atom. The van der Waals surface area contributed by atoms with E-state index in [4.69, 9.17) is 14.2 Å². The molecule has 0 fully saturated rings. The normalized spacial score (nSPS) is 11.8. The van der Waals surface area contributed by atoms with Crippen molar-refractivity contribution >= 4 is 5.69 Å². The fourth-order valence-electron chi connectivity index (χ4n) is 2.29. The zero-order valence-corrected chi connectivity index (χ0v) is 15.0. The minimum atomic E-state index is 0.0589. The molecule has 1 N–H and O–H groups in total. The number of ether oxygens (including phenoxy) is 3. The summed E-state index contributed by atoms with van der Waals surface area (Å²) < 4.78 is 16.7. The van der Waals surface area contributed by atoms with E-state index in [1.165, 1.54) is 5.56 Å². The van der Waals surface area contributed by atoms with Crippen LogP contribution < -0.4 is 14.8 Å². The van der Waals surface area contributed by atoms with Gasteiger partial charge in [-0.05, 0) is 50.1 Å². The largest absolute Gasteiger partial charge is 0.491 e. The number of hydrogen-bond donors (Lipinski definition) is 1. The van der Waals surface area contributed by atoms with E-state index in [1.807, 2.05) is 24.3 Å². The molecule has 0 aliphatic heterocycles. The maximum atomic E-state index is 6.05. The Morgan fingerprint density at radius 3 is 2.67 bits per heavy atom. The molecule has 2 aromatic carbocycles. The van der Waals surface area contributed by atoms with Gasteiger partial charge in [-0.15, -0.1) is 0 Å². The van der Waals surface area contributed by atoms with Crippen LogP contribution in [-0.4, -0.2) is 33.0 Å². The predicted molar refractivity (Wildman–Crippen MR) is 98.3 cm³/mol. The van der Waals surface area contributed by atoms with Crippen LogP contribution in [0.2, 0.25) is 0 Å². The third-order valence-corrected chi connectivity index (χ3v) is 3.66. The van der Waals surface area contributed by atoms with Crippen molar-refractivity contribution in [3.63, 3.8) is 0 Å². The van der Waals surface area contributed by atoms with Crippen LogP contribution in [0.15, 0.2) is 42.5 Å². The lowest BCUT2D eigenvalue weighted by Gasteiger charge is -2.18. The van der Waals surface area contributed by atoms with E-state index in [1.54, 1.807) is 7.11 Å². The van der Waals surface area contributed by atoms with Crippen LogP contribution in [-0.2, 0) is 4.74 Å². The van der Waals surface area contributed by atoms with Crippen molar-refractivity contribution in [3.8, 4) is 11.5 Å². The van der Waals surface area contributed by atoms with Crippen molar-refractivity contribution in [1.82, 2.24) is 0 Å². The molecule has 0 amide bonds. The molecule has 0 aliphatic carbocycles. The van der Waals surface area contributed by atoms with E-state index < -0.39 is 0 Å². The van der Waals surface area contributed by atoms with Crippen LogP contribution in [0.1, 0.15) is 18.1 Å². The molecule has 0 spiro atoms. The van der Waals surface area contributed by atoms with E-state index in [0.29, 0.717) is 13.2 Å². The summed E-state index contributed by atoms with van der Waals surface area (Å²) in [5.74, 6) is 1.78. The number of aryl methyl sites for hydroxylation is 2. The van der Waals surface area contributed by atoms with Gasteiger partial charge in [0.2, 0.25) is 0 Å². The summed E-state index contributed by atoms with van der Waals surface area (Å²) in [6, 6.07) is 14.2. The highest BCUT2D eigenvalue weighted by Gasteiger charge is 2.07. The number of methoxy groups -OCH3 is 1. The summed E-state index contributed by atoms with van der Waals surface area (Å²) >= 11 is 0. The van der Waals surface area contributed by atoms with Crippen molar-refractivity contribution in [2.75, 3.05) is 32.2 Å². The van der Waals surface area contributed by atoms with Crippen molar-refractivity contribution in [2.24, 2.45) is 0 Å². The van der Waals surface area contributed by atoms with Gasteiger partial charge in [0.1, 0.15) is 24.2 Å². The summed E-state index contributed by atoms with van der Waals surface area (Å²) in [7, 11) is 1.67. The van der Waals surface area contributed by atoms with Crippen molar-refractivity contribution in [3.05, 3.63) is 53.6 Å². The Bertz CT molecular complexity index is 643. The summed E-state index contributed by atoms with van der Waals surface area (Å²) in [5, 5.41) is 3.39. The molecule has 0 bridgehead atoms. The van der Waals surface area contributed by atoms with Crippen molar-refractivity contribution < 1.29 is 14.2 Å². The van der Waals surface area contributed by atoms with E-state index in [9.17, 15) is 0 Å². The molecule has 4 heteroatoms. The Morgan fingerprint density at radius 1 is 1.04 bits per heavy atom. The highest BCUT2D eigenvalue weighted by Crippen LogP contribution is 2.21. The minimum Gasteiger partial charge on any atom is -0.491 e. The fourth-order valence-corrected chi connectivity index (χ4v) is 2.29. The Balaban J connectivity index is 1.86. The second-order valence-corrected chi connectivity index (χ2v) is 5.95. The molecular weight excluding hydrogens is 302 g/mol. The van der Waals surface area contributed by atoms with E-state index in [-0.39, 0.29) is 6.10 Å². The van der Waals surface area contributed by atoms with Gasteiger partial charge in [0.15, 0.2) is 0 Å². The Kier molecular flexibility index (Phi) is 6.94. The lowest BCUT2D eigenvalue weighted by Crippen LogP contribution is -2.23. The fraction of sp³-hybridized carbons (Fsp3) is 0.400. The topological polar surface area (TPSA) is 39.7 Å². The first-order valence-corrected chi connectivity index (χ1v) is 8.28. The van der Waals surface area contributed by atoms with E-state index >= 15 is 0 Å². The second kappa shape index (κ2) is 9.18. The van der Waals surface area contributed by atoms with Gasteiger partial charge in [-0.2, -0.15) is 0 Å². The molecule has 0 saturated carbocycles. The van der Waals surface area contributed by atoms with Crippen LogP contribution in [0.3, 0.4) is 0 Å². The van der Waals surface area contributed by atoms with Crippen molar-refractivity contribution in [2.45, 2.75) is 26.9 Å². The third-order valence-electron chi connectivity index (χ3n) is 3.66.